The van der Waals surface area contributed by atoms with Gasteiger partial charge in [-0.05, 0) is 45.0 Å². The number of carbonyl (C=O) groups excluding carboxylic acids is 1. The third kappa shape index (κ3) is 4.24. The SMILES string of the molecule is Cc1cc(C(C)(O)CNC(=O)Nc2ccc(F)cc2Cl)c(C)o1. The molecule has 1 atom stereocenters. The van der Waals surface area contributed by atoms with Crippen LogP contribution in [0.2, 0.25) is 5.02 Å². The summed E-state index contributed by atoms with van der Waals surface area (Å²) in [5.74, 6) is 0.784. The van der Waals surface area contributed by atoms with Crippen molar-refractivity contribution < 1.29 is 18.7 Å². The fourth-order valence-corrected chi connectivity index (χ4v) is 2.48. The Bertz CT molecular complexity index is 728. The summed E-state index contributed by atoms with van der Waals surface area (Å²) in [6.45, 7) is 5.07. The monoisotopic (exact) mass is 340 g/mol. The molecule has 2 rings (SSSR count). The highest BCUT2D eigenvalue weighted by Gasteiger charge is 2.28. The number of urea groups is 1. The molecular formula is C16H18ClFN2O3. The van der Waals surface area contributed by atoms with Crippen molar-refractivity contribution in [2.75, 3.05) is 11.9 Å². The van der Waals surface area contributed by atoms with Gasteiger partial charge in [-0.1, -0.05) is 11.6 Å². The third-order valence-electron chi connectivity index (χ3n) is 3.39. The number of rotatable bonds is 4. The van der Waals surface area contributed by atoms with Crippen LogP contribution >= 0.6 is 11.6 Å². The molecule has 0 bridgehead atoms. The lowest BCUT2D eigenvalue weighted by Crippen LogP contribution is -2.40. The normalized spacial score (nSPS) is 13.5. The molecule has 5 nitrogen and oxygen atoms in total. The van der Waals surface area contributed by atoms with E-state index in [2.05, 4.69) is 10.6 Å². The molecule has 1 aromatic carbocycles. The van der Waals surface area contributed by atoms with Gasteiger partial charge in [0.25, 0.3) is 0 Å². The van der Waals surface area contributed by atoms with Crippen LogP contribution in [0.4, 0.5) is 14.9 Å². The Kier molecular flexibility index (Phi) is 4.97. The standard InChI is InChI=1S/C16H18ClFN2O3/c1-9-6-12(10(2)23-9)16(3,22)8-19-15(21)20-14-5-4-11(18)7-13(14)17/h4-7,22H,8H2,1-3H3,(H2,19,20,21). The number of carbonyl (C=O) groups is 1. The fraction of sp³-hybridized carbons (Fsp3) is 0.312. The van der Waals surface area contributed by atoms with Crippen LogP contribution < -0.4 is 10.6 Å². The molecule has 0 aliphatic carbocycles. The Hall–Kier alpha value is -2.05. The lowest BCUT2D eigenvalue weighted by molar-refractivity contribution is 0.0584. The van der Waals surface area contributed by atoms with E-state index in [4.69, 9.17) is 16.0 Å². The minimum absolute atomic E-state index is 0.0303. The van der Waals surface area contributed by atoms with E-state index < -0.39 is 17.4 Å². The smallest absolute Gasteiger partial charge is 0.319 e. The van der Waals surface area contributed by atoms with Gasteiger partial charge in [0.2, 0.25) is 0 Å². The summed E-state index contributed by atoms with van der Waals surface area (Å²) in [6, 6.07) is 4.82. The van der Waals surface area contributed by atoms with Crippen LogP contribution in [0.25, 0.3) is 0 Å². The second-order valence-corrected chi connectivity index (χ2v) is 5.94. The Balaban J connectivity index is 1.99. The summed E-state index contributed by atoms with van der Waals surface area (Å²) in [5.41, 5.74) is -0.401. The first-order valence-corrected chi connectivity index (χ1v) is 7.36. The molecule has 0 aliphatic heterocycles. The van der Waals surface area contributed by atoms with Gasteiger partial charge in [-0.15, -0.1) is 0 Å². The van der Waals surface area contributed by atoms with Crippen molar-refractivity contribution in [3.05, 3.63) is 52.2 Å². The zero-order chi connectivity index (χ0) is 17.2. The lowest BCUT2D eigenvalue weighted by Gasteiger charge is -2.23. The predicted octanol–water partition coefficient (Wildman–Crippen LogP) is 3.72. The number of hydrogen-bond acceptors (Lipinski definition) is 3. The van der Waals surface area contributed by atoms with Gasteiger partial charge in [-0.3, -0.25) is 0 Å². The number of aliphatic hydroxyl groups is 1. The summed E-state index contributed by atoms with van der Waals surface area (Å²) in [5, 5.41) is 15.7. The second-order valence-electron chi connectivity index (χ2n) is 5.53. The second kappa shape index (κ2) is 6.60. The molecule has 0 saturated carbocycles. The molecule has 0 fully saturated rings. The lowest BCUT2D eigenvalue weighted by atomic mass is 9.96. The molecule has 0 spiro atoms. The van der Waals surface area contributed by atoms with E-state index in [0.717, 1.165) is 6.07 Å². The number of benzene rings is 1. The Morgan fingerprint density at radius 2 is 2.09 bits per heavy atom. The number of amides is 2. The van der Waals surface area contributed by atoms with E-state index in [1.807, 2.05) is 0 Å². The van der Waals surface area contributed by atoms with Crippen LogP contribution in [0.1, 0.15) is 24.0 Å². The molecule has 1 heterocycles. The number of anilines is 1. The van der Waals surface area contributed by atoms with Crippen molar-refractivity contribution in [1.29, 1.82) is 0 Å². The van der Waals surface area contributed by atoms with Crippen molar-refractivity contribution in [3.8, 4) is 0 Å². The summed E-state index contributed by atoms with van der Waals surface area (Å²) < 4.78 is 18.4. The highest BCUT2D eigenvalue weighted by Crippen LogP contribution is 2.26. The van der Waals surface area contributed by atoms with Crippen LogP contribution in [-0.4, -0.2) is 17.7 Å². The van der Waals surface area contributed by atoms with Crippen LogP contribution in [0.3, 0.4) is 0 Å². The van der Waals surface area contributed by atoms with Gasteiger partial charge in [0.15, 0.2) is 0 Å². The highest BCUT2D eigenvalue weighted by atomic mass is 35.5. The average Bonchev–Trinajstić information content (AvgIpc) is 2.80. The van der Waals surface area contributed by atoms with Crippen molar-refractivity contribution in [1.82, 2.24) is 5.32 Å². The number of furan rings is 1. The van der Waals surface area contributed by atoms with Crippen molar-refractivity contribution in [3.63, 3.8) is 0 Å². The maximum absolute atomic E-state index is 13.0. The molecule has 1 aromatic heterocycles. The topological polar surface area (TPSA) is 74.5 Å². The summed E-state index contributed by atoms with van der Waals surface area (Å²) in [4.78, 5) is 11.9. The first-order chi connectivity index (χ1) is 10.7. The largest absolute Gasteiger partial charge is 0.466 e. The molecule has 1 unspecified atom stereocenters. The third-order valence-corrected chi connectivity index (χ3v) is 3.71. The number of aryl methyl sites for hydroxylation is 2. The van der Waals surface area contributed by atoms with E-state index in [-0.39, 0.29) is 17.3 Å². The number of halogens is 2. The van der Waals surface area contributed by atoms with Crippen LogP contribution in [0.15, 0.2) is 28.7 Å². The van der Waals surface area contributed by atoms with Crippen molar-refractivity contribution in [2.24, 2.45) is 0 Å². The van der Waals surface area contributed by atoms with E-state index in [9.17, 15) is 14.3 Å². The zero-order valence-electron chi connectivity index (χ0n) is 13.0. The minimum atomic E-state index is -1.29. The van der Waals surface area contributed by atoms with E-state index in [1.165, 1.54) is 12.1 Å². The molecule has 2 aromatic rings. The number of nitrogens with one attached hydrogen (secondary N) is 2. The summed E-state index contributed by atoms with van der Waals surface area (Å²) >= 11 is 5.84. The molecule has 0 radical (unpaired) electrons. The van der Waals surface area contributed by atoms with Gasteiger partial charge < -0.3 is 20.2 Å². The van der Waals surface area contributed by atoms with Gasteiger partial charge in [0.05, 0.1) is 17.3 Å². The summed E-state index contributed by atoms with van der Waals surface area (Å²) in [6.07, 6.45) is 0. The van der Waals surface area contributed by atoms with Crippen LogP contribution in [0.5, 0.6) is 0 Å². The first-order valence-electron chi connectivity index (χ1n) is 6.99. The maximum Gasteiger partial charge on any atom is 0.319 e. The average molecular weight is 341 g/mol. The van der Waals surface area contributed by atoms with E-state index >= 15 is 0 Å². The Labute approximate surface area is 138 Å². The van der Waals surface area contributed by atoms with Crippen LogP contribution in [-0.2, 0) is 5.60 Å². The van der Waals surface area contributed by atoms with Gasteiger partial charge in [0.1, 0.15) is 22.9 Å². The molecule has 7 heteroatoms. The van der Waals surface area contributed by atoms with Gasteiger partial charge in [-0.2, -0.15) is 0 Å². The molecule has 0 aliphatic rings. The van der Waals surface area contributed by atoms with Crippen LogP contribution in [0, 0.1) is 19.7 Å². The Morgan fingerprint density at radius 1 is 1.39 bits per heavy atom. The molecule has 23 heavy (non-hydrogen) atoms. The summed E-state index contributed by atoms with van der Waals surface area (Å²) in [7, 11) is 0. The molecular weight excluding hydrogens is 323 g/mol. The maximum atomic E-state index is 13.0. The van der Waals surface area contributed by atoms with Gasteiger partial charge in [-0.25, -0.2) is 9.18 Å². The molecule has 3 N–H and O–H groups in total. The molecule has 124 valence electrons. The van der Waals surface area contributed by atoms with E-state index in [1.54, 1.807) is 26.8 Å². The van der Waals surface area contributed by atoms with Crippen molar-refractivity contribution in [2.45, 2.75) is 26.4 Å². The van der Waals surface area contributed by atoms with Crippen molar-refractivity contribution >= 4 is 23.3 Å². The molecule has 2 amide bonds. The Morgan fingerprint density at radius 3 is 2.65 bits per heavy atom. The molecule has 0 saturated heterocycles. The quantitative estimate of drug-likeness (QED) is 0.794. The van der Waals surface area contributed by atoms with Gasteiger partial charge >= 0.3 is 6.03 Å². The van der Waals surface area contributed by atoms with E-state index in [0.29, 0.717) is 17.1 Å². The predicted molar refractivity (Wildman–Crippen MR) is 86.2 cm³/mol. The van der Waals surface area contributed by atoms with Gasteiger partial charge in [0, 0.05) is 5.56 Å². The fourth-order valence-electron chi connectivity index (χ4n) is 2.27. The minimum Gasteiger partial charge on any atom is -0.466 e. The number of hydrogen-bond donors (Lipinski definition) is 3. The zero-order valence-corrected chi connectivity index (χ0v) is 13.8. The first kappa shape index (κ1) is 17.3. The highest BCUT2D eigenvalue weighted by molar-refractivity contribution is 6.33.